The van der Waals surface area contributed by atoms with Gasteiger partial charge in [0.25, 0.3) is 0 Å². The Balaban J connectivity index is 2.01. The molecule has 6 heteroatoms. The van der Waals surface area contributed by atoms with Gasteiger partial charge < -0.3 is 15.4 Å². The standard InChI is InChI=1S/C23H37N3O3/c1-2-3-4-5-6-7-8-9-10-11-12-13-14-15-16-22(27)26-21(23(28)29)17-20-18-24-19-25-20/h5-6,8-9,18-19,21H,2-4,7,10-17H2,1H3,(H,24,25)(H,26,27)(H,28,29)/b6-5-,9-8-/t21-/m0/s1. The van der Waals surface area contributed by atoms with Gasteiger partial charge in [0.1, 0.15) is 6.04 Å². The Bertz CT molecular complexity index is 609. The fourth-order valence-corrected chi connectivity index (χ4v) is 2.99. The van der Waals surface area contributed by atoms with E-state index in [0.29, 0.717) is 12.1 Å². The summed E-state index contributed by atoms with van der Waals surface area (Å²) >= 11 is 0. The number of aromatic amines is 1. The number of H-pyrrole nitrogens is 1. The molecular formula is C23H37N3O3. The lowest BCUT2D eigenvalue weighted by Crippen LogP contribution is -2.42. The van der Waals surface area contributed by atoms with Crippen LogP contribution in [0.2, 0.25) is 0 Å². The largest absolute Gasteiger partial charge is 0.480 e. The lowest BCUT2D eigenvalue weighted by atomic mass is 10.1. The fraction of sp³-hybridized carbons (Fsp3) is 0.609. The summed E-state index contributed by atoms with van der Waals surface area (Å²) in [5.41, 5.74) is 0.694. The number of imidazole rings is 1. The number of carbonyl (C=O) groups is 2. The second-order valence-electron chi connectivity index (χ2n) is 7.37. The maximum atomic E-state index is 12.0. The van der Waals surface area contributed by atoms with E-state index < -0.39 is 12.0 Å². The van der Waals surface area contributed by atoms with Crippen molar-refractivity contribution in [1.82, 2.24) is 15.3 Å². The highest BCUT2D eigenvalue weighted by Crippen LogP contribution is 2.08. The van der Waals surface area contributed by atoms with Crippen LogP contribution in [0.4, 0.5) is 0 Å². The minimum absolute atomic E-state index is 0.202. The topological polar surface area (TPSA) is 95.1 Å². The molecule has 6 nitrogen and oxygen atoms in total. The predicted octanol–water partition coefficient (Wildman–Crippen LogP) is 4.95. The van der Waals surface area contributed by atoms with E-state index >= 15 is 0 Å². The molecule has 1 aromatic rings. The first kappa shape index (κ1) is 24.7. The zero-order valence-corrected chi connectivity index (χ0v) is 17.7. The molecule has 1 aromatic heterocycles. The third-order valence-electron chi connectivity index (χ3n) is 4.72. The molecule has 0 aromatic carbocycles. The van der Waals surface area contributed by atoms with Crippen molar-refractivity contribution in [2.24, 2.45) is 0 Å². The number of carboxylic acid groups (broad SMARTS) is 1. The van der Waals surface area contributed by atoms with Crippen molar-refractivity contribution in [2.45, 2.75) is 90.0 Å². The third-order valence-corrected chi connectivity index (χ3v) is 4.72. The molecule has 0 radical (unpaired) electrons. The second-order valence-corrected chi connectivity index (χ2v) is 7.37. The first-order chi connectivity index (χ1) is 14.1. The number of nitrogens with zero attached hydrogens (tertiary/aromatic N) is 1. The number of carboxylic acids is 1. The average molecular weight is 404 g/mol. The molecule has 1 rings (SSSR count). The number of amides is 1. The SMILES string of the molecule is CCCC/C=C\C/C=C\CCCCCCCC(=O)N[C@@H](Cc1cnc[nH]1)C(=O)O. The van der Waals surface area contributed by atoms with Crippen LogP contribution in [0, 0.1) is 0 Å². The Hall–Kier alpha value is -2.37. The van der Waals surface area contributed by atoms with E-state index in [2.05, 4.69) is 46.5 Å². The van der Waals surface area contributed by atoms with Crippen LogP contribution >= 0.6 is 0 Å². The number of unbranched alkanes of at least 4 members (excludes halogenated alkanes) is 7. The van der Waals surface area contributed by atoms with Gasteiger partial charge >= 0.3 is 5.97 Å². The number of nitrogens with one attached hydrogen (secondary N) is 2. The van der Waals surface area contributed by atoms with Crippen molar-refractivity contribution in [1.29, 1.82) is 0 Å². The lowest BCUT2D eigenvalue weighted by molar-refractivity contribution is -0.141. The van der Waals surface area contributed by atoms with Crippen LogP contribution in [-0.2, 0) is 16.0 Å². The first-order valence-corrected chi connectivity index (χ1v) is 10.9. The van der Waals surface area contributed by atoms with E-state index in [4.69, 9.17) is 0 Å². The molecule has 162 valence electrons. The van der Waals surface area contributed by atoms with Gasteiger partial charge in [-0.25, -0.2) is 9.78 Å². The Labute approximate surface area is 174 Å². The molecule has 1 heterocycles. The maximum Gasteiger partial charge on any atom is 0.326 e. The molecular weight excluding hydrogens is 366 g/mol. The van der Waals surface area contributed by atoms with Crippen LogP contribution in [0.1, 0.15) is 83.2 Å². The number of aliphatic carboxylic acids is 1. The van der Waals surface area contributed by atoms with Gasteiger partial charge in [0.15, 0.2) is 0 Å². The van der Waals surface area contributed by atoms with Crippen LogP contribution in [0.15, 0.2) is 36.8 Å². The minimum atomic E-state index is -1.03. The van der Waals surface area contributed by atoms with Gasteiger partial charge in [0, 0.05) is 24.7 Å². The molecule has 0 aliphatic heterocycles. The van der Waals surface area contributed by atoms with Crippen molar-refractivity contribution in [3.8, 4) is 0 Å². The van der Waals surface area contributed by atoms with Gasteiger partial charge in [-0.1, -0.05) is 63.3 Å². The molecule has 1 atom stereocenters. The number of allylic oxidation sites excluding steroid dienone is 4. The Kier molecular flexibility index (Phi) is 14.1. The monoisotopic (exact) mass is 403 g/mol. The van der Waals surface area contributed by atoms with E-state index in [1.807, 2.05) is 0 Å². The number of carbonyl (C=O) groups excluding carboxylic acids is 1. The molecule has 0 fully saturated rings. The smallest absolute Gasteiger partial charge is 0.326 e. The van der Waals surface area contributed by atoms with Crippen molar-refractivity contribution in [3.05, 3.63) is 42.5 Å². The summed E-state index contributed by atoms with van der Waals surface area (Å²) in [6.45, 7) is 2.21. The molecule has 0 saturated carbocycles. The van der Waals surface area contributed by atoms with E-state index in [-0.39, 0.29) is 12.3 Å². The third kappa shape index (κ3) is 13.4. The van der Waals surface area contributed by atoms with Gasteiger partial charge in [-0.3, -0.25) is 4.79 Å². The highest BCUT2D eigenvalue weighted by Gasteiger charge is 2.20. The van der Waals surface area contributed by atoms with Crippen LogP contribution in [0.3, 0.4) is 0 Å². The Morgan fingerprint density at radius 2 is 1.76 bits per heavy atom. The summed E-state index contributed by atoms with van der Waals surface area (Å²) in [5, 5.41) is 11.9. The van der Waals surface area contributed by atoms with Crippen molar-refractivity contribution in [3.63, 3.8) is 0 Å². The highest BCUT2D eigenvalue weighted by atomic mass is 16.4. The van der Waals surface area contributed by atoms with Crippen LogP contribution in [-0.4, -0.2) is 33.0 Å². The van der Waals surface area contributed by atoms with E-state index in [1.54, 1.807) is 6.20 Å². The molecule has 1 amide bonds. The summed E-state index contributed by atoms with van der Waals surface area (Å²) in [6.07, 6.45) is 23.7. The fourth-order valence-electron chi connectivity index (χ4n) is 2.99. The van der Waals surface area contributed by atoms with E-state index in [9.17, 15) is 14.7 Å². The zero-order chi connectivity index (χ0) is 21.2. The van der Waals surface area contributed by atoms with Crippen molar-refractivity contribution in [2.75, 3.05) is 0 Å². The molecule has 0 unspecified atom stereocenters. The quantitative estimate of drug-likeness (QED) is 0.253. The number of aromatic nitrogens is 2. The van der Waals surface area contributed by atoms with Crippen LogP contribution in [0.5, 0.6) is 0 Å². The minimum Gasteiger partial charge on any atom is -0.480 e. The van der Waals surface area contributed by atoms with Crippen molar-refractivity contribution >= 4 is 11.9 Å². The normalized spacial score (nSPS) is 12.6. The molecule has 0 spiro atoms. The highest BCUT2D eigenvalue weighted by molar-refractivity contribution is 5.83. The maximum absolute atomic E-state index is 12.0. The van der Waals surface area contributed by atoms with Gasteiger partial charge in [0.05, 0.1) is 6.33 Å². The summed E-state index contributed by atoms with van der Waals surface area (Å²) in [5.74, 6) is -1.23. The van der Waals surface area contributed by atoms with Gasteiger partial charge in [-0.15, -0.1) is 0 Å². The molecule has 29 heavy (non-hydrogen) atoms. The predicted molar refractivity (Wildman–Crippen MR) is 117 cm³/mol. The summed E-state index contributed by atoms with van der Waals surface area (Å²) in [7, 11) is 0. The van der Waals surface area contributed by atoms with Crippen molar-refractivity contribution < 1.29 is 14.7 Å². The molecule has 3 N–H and O–H groups in total. The molecule has 0 bridgehead atoms. The Morgan fingerprint density at radius 3 is 2.41 bits per heavy atom. The summed E-state index contributed by atoms with van der Waals surface area (Å²) in [4.78, 5) is 30.0. The number of rotatable bonds is 17. The lowest BCUT2D eigenvalue weighted by Gasteiger charge is -2.13. The van der Waals surface area contributed by atoms with Gasteiger partial charge in [0.2, 0.25) is 5.91 Å². The zero-order valence-electron chi connectivity index (χ0n) is 17.7. The summed E-state index contributed by atoms with van der Waals surface area (Å²) in [6, 6.07) is -0.920. The van der Waals surface area contributed by atoms with E-state index in [1.165, 1.54) is 32.0 Å². The van der Waals surface area contributed by atoms with E-state index in [0.717, 1.165) is 38.5 Å². The van der Waals surface area contributed by atoms with Crippen LogP contribution in [0.25, 0.3) is 0 Å². The Morgan fingerprint density at radius 1 is 1.07 bits per heavy atom. The number of hydrogen-bond donors (Lipinski definition) is 3. The van der Waals surface area contributed by atoms with Gasteiger partial charge in [-0.2, -0.15) is 0 Å². The average Bonchev–Trinajstić information content (AvgIpc) is 3.21. The molecule has 0 aliphatic rings. The molecule has 0 saturated heterocycles. The number of hydrogen-bond acceptors (Lipinski definition) is 3. The summed E-state index contributed by atoms with van der Waals surface area (Å²) < 4.78 is 0. The van der Waals surface area contributed by atoms with Crippen LogP contribution < -0.4 is 5.32 Å². The van der Waals surface area contributed by atoms with Gasteiger partial charge in [-0.05, 0) is 32.1 Å². The first-order valence-electron chi connectivity index (χ1n) is 10.9. The second kappa shape index (κ2) is 16.6. The molecule has 0 aliphatic carbocycles.